The maximum absolute atomic E-state index is 13.5. The standard InChI is InChI=1S/C6Cl6F8/c7-1(13,4(17,18)5(9,10)11)3(15,16)2(8,14)6(12,19)20. The van der Waals surface area contributed by atoms with Gasteiger partial charge >= 0.3 is 27.5 Å². The van der Waals surface area contributed by atoms with E-state index < -0.39 is 31.3 Å². The van der Waals surface area contributed by atoms with Crippen LogP contribution in [0.3, 0.4) is 0 Å². The number of hydrogen-bond donors (Lipinski definition) is 0. The summed E-state index contributed by atoms with van der Waals surface area (Å²) in [6.07, 6.45) is 0. The van der Waals surface area contributed by atoms with Gasteiger partial charge in [-0.1, -0.05) is 58.0 Å². The fourth-order valence-electron chi connectivity index (χ4n) is 0.750. The van der Waals surface area contributed by atoms with Crippen LogP contribution in [0.25, 0.3) is 0 Å². The molecule has 0 aromatic rings. The van der Waals surface area contributed by atoms with E-state index in [1.165, 1.54) is 0 Å². The van der Waals surface area contributed by atoms with Crippen LogP contribution in [0.4, 0.5) is 35.1 Å². The summed E-state index contributed by atoms with van der Waals surface area (Å²) >= 11 is 25.7. The van der Waals surface area contributed by atoms with Gasteiger partial charge in [0.05, 0.1) is 0 Å². The highest BCUT2D eigenvalue weighted by Crippen LogP contribution is 2.63. The van der Waals surface area contributed by atoms with E-state index >= 15 is 0 Å². The van der Waals surface area contributed by atoms with Gasteiger partial charge in [-0.25, -0.2) is 8.78 Å². The van der Waals surface area contributed by atoms with E-state index in [0.717, 1.165) is 0 Å². The summed E-state index contributed by atoms with van der Waals surface area (Å²) < 4.78 is 100. The molecule has 0 aromatic carbocycles. The molecular weight excluding hydrogens is 437 g/mol. The predicted molar refractivity (Wildman–Crippen MR) is 60.4 cm³/mol. The van der Waals surface area contributed by atoms with Crippen LogP contribution in [0.5, 0.6) is 0 Å². The molecule has 0 nitrogen and oxygen atoms in total. The van der Waals surface area contributed by atoms with Crippen molar-refractivity contribution in [3.8, 4) is 0 Å². The predicted octanol–water partition coefficient (Wildman–Crippen LogP) is 6.27. The largest absolute Gasteiger partial charge is 0.375 e. The third-order valence-corrected chi connectivity index (χ3v) is 3.91. The van der Waals surface area contributed by atoms with Gasteiger partial charge in [0.1, 0.15) is 0 Å². The zero-order chi connectivity index (χ0) is 17.0. The molecule has 122 valence electrons. The van der Waals surface area contributed by atoms with E-state index in [4.69, 9.17) is 0 Å². The Labute approximate surface area is 136 Å². The summed E-state index contributed by atoms with van der Waals surface area (Å²) in [5, 5.41) is -17.5. The van der Waals surface area contributed by atoms with Crippen LogP contribution in [-0.4, -0.2) is 31.3 Å². The molecule has 2 atom stereocenters. The van der Waals surface area contributed by atoms with E-state index in [9.17, 15) is 35.1 Å². The first-order valence-corrected chi connectivity index (χ1v) is 6.16. The number of alkyl halides is 14. The second-order valence-corrected chi connectivity index (χ2v) is 7.09. The van der Waals surface area contributed by atoms with Crippen molar-refractivity contribution in [3.05, 3.63) is 0 Å². The van der Waals surface area contributed by atoms with Crippen LogP contribution >= 0.6 is 69.6 Å². The Morgan fingerprint density at radius 3 is 0.950 bits per heavy atom. The molecule has 0 radical (unpaired) electrons. The highest BCUT2D eigenvalue weighted by molar-refractivity contribution is 6.68. The van der Waals surface area contributed by atoms with Crippen molar-refractivity contribution in [2.75, 3.05) is 0 Å². The summed E-state index contributed by atoms with van der Waals surface area (Å²) in [7, 11) is 0. The zero-order valence-corrected chi connectivity index (χ0v) is 12.8. The Morgan fingerprint density at radius 2 is 0.750 bits per heavy atom. The van der Waals surface area contributed by atoms with Crippen LogP contribution in [0.1, 0.15) is 0 Å². The molecule has 0 saturated heterocycles. The molecule has 2 unspecified atom stereocenters. The second-order valence-electron chi connectivity index (χ2n) is 3.29. The summed E-state index contributed by atoms with van der Waals surface area (Å²) in [5.74, 6) is -12.3. The normalized spacial score (nSPS) is 21.3. The quantitative estimate of drug-likeness (QED) is 0.360. The van der Waals surface area contributed by atoms with E-state index in [1.54, 1.807) is 0 Å². The molecule has 0 heterocycles. The van der Waals surface area contributed by atoms with Crippen molar-refractivity contribution in [3.63, 3.8) is 0 Å². The summed E-state index contributed by atoms with van der Waals surface area (Å²) in [6.45, 7) is 0. The summed E-state index contributed by atoms with van der Waals surface area (Å²) in [6, 6.07) is 0. The van der Waals surface area contributed by atoms with E-state index in [-0.39, 0.29) is 0 Å². The average molecular weight is 437 g/mol. The maximum Gasteiger partial charge on any atom is 0.375 e. The Kier molecular flexibility index (Phi) is 5.69. The van der Waals surface area contributed by atoms with E-state index in [0.29, 0.717) is 0 Å². The Hall–Kier alpha value is 1.18. The topological polar surface area (TPSA) is 0 Å². The van der Waals surface area contributed by atoms with Crippen molar-refractivity contribution < 1.29 is 35.1 Å². The molecule has 20 heavy (non-hydrogen) atoms. The van der Waals surface area contributed by atoms with E-state index in [2.05, 4.69) is 69.6 Å². The molecule has 0 saturated carbocycles. The second kappa shape index (κ2) is 5.37. The Bertz CT molecular complexity index is 333. The molecule has 0 aliphatic carbocycles. The first kappa shape index (κ1) is 21.2. The average Bonchev–Trinajstić information content (AvgIpc) is 2.12. The highest BCUT2D eigenvalue weighted by Gasteiger charge is 2.86. The lowest BCUT2D eigenvalue weighted by Crippen LogP contribution is -2.67. The first-order chi connectivity index (χ1) is 8.25. The van der Waals surface area contributed by atoms with Gasteiger partial charge in [0.25, 0.3) is 3.79 Å². The lowest BCUT2D eigenvalue weighted by Gasteiger charge is -2.41. The molecule has 0 aliphatic rings. The van der Waals surface area contributed by atoms with Crippen molar-refractivity contribution >= 4 is 69.6 Å². The van der Waals surface area contributed by atoms with Gasteiger partial charge in [0.15, 0.2) is 0 Å². The molecule has 0 N–H and O–H groups in total. The lowest BCUT2D eigenvalue weighted by atomic mass is 10.0. The fourth-order valence-corrected chi connectivity index (χ4v) is 1.86. The molecule has 0 aliphatic heterocycles. The molecule has 0 bridgehead atoms. The number of rotatable bonds is 4. The van der Waals surface area contributed by atoms with Gasteiger partial charge in [0.2, 0.25) is 0 Å². The van der Waals surface area contributed by atoms with Crippen LogP contribution < -0.4 is 0 Å². The SMILES string of the molecule is FC(F)(Cl)C(F)(Cl)C(F)(F)C(F)(Cl)C(F)(F)C(Cl)(Cl)Cl. The molecule has 0 aromatic heterocycles. The number of halogens is 14. The third-order valence-electron chi connectivity index (χ3n) is 1.90. The monoisotopic (exact) mass is 434 g/mol. The molecule has 14 heteroatoms. The minimum Gasteiger partial charge on any atom is -0.212 e. The van der Waals surface area contributed by atoms with Crippen molar-refractivity contribution in [2.45, 2.75) is 31.3 Å². The molecule has 0 fully saturated rings. The van der Waals surface area contributed by atoms with Gasteiger partial charge in [-0.05, 0) is 11.6 Å². The van der Waals surface area contributed by atoms with E-state index in [1.807, 2.05) is 0 Å². The van der Waals surface area contributed by atoms with Crippen LogP contribution in [0.2, 0.25) is 0 Å². The fraction of sp³-hybridized carbons (Fsp3) is 1.00. The maximum atomic E-state index is 13.5. The lowest BCUT2D eigenvalue weighted by molar-refractivity contribution is -0.264. The van der Waals surface area contributed by atoms with Crippen LogP contribution in [-0.2, 0) is 0 Å². The van der Waals surface area contributed by atoms with Gasteiger partial charge < -0.3 is 0 Å². The number of hydrogen-bond acceptors (Lipinski definition) is 0. The first-order valence-electron chi connectivity index (χ1n) is 3.90. The van der Waals surface area contributed by atoms with Crippen molar-refractivity contribution in [2.24, 2.45) is 0 Å². The summed E-state index contributed by atoms with van der Waals surface area (Å²) in [4.78, 5) is 0. The Morgan fingerprint density at radius 1 is 0.450 bits per heavy atom. The van der Waals surface area contributed by atoms with Crippen LogP contribution in [0.15, 0.2) is 0 Å². The van der Waals surface area contributed by atoms with Crippen LogP contribution in [0, 0.1) is 0 Å². The summed E-state index contributed by atoms with van der Waals surface area (Å²) in [5.41, 5.74) is 0. The van der Waals surface area contributed by atoms with Crippen molar-refractivity contribution in [1.82, 2.24) is 0 Å². The minimum absolute atomic E-state index is 3.89. The zero-order valence-electron chi connectivity index (χ0n) is 8.29. The third kappa shape index (κ3) is 2.97. The smallest absolute Gasteiger partial charge is 0.212 e. The van der Waals surface area contributed by atoms with Crippen molar-refractivity contribution in [1.29, 1.82) is 0 Å². The molecular formula is C6Cl6F8. The highest BCUT2D eigenvalue weighted by atomic mass is 35.6. The molecule has 0 rings (SSSR count). The van der Waals surface area contributed by atoms with Gasteiger partial charge in [-0.3, -0.25) is 0 Å². The van der Waals surface area contributed by atoms with Gasteiger partial charge in [-0.15, -0.1) is 0 Å². The Balaban J connectivity index is 6.08. The molecule has 0 spiro atoms. The minimum atomic E-state index is -6.47. The van der Waals surface area contributed by atoms with Gasteiger partial charge in [0, 0.05) is 0 Å². The molecule has 0 amide bonds. The van der Waals surface area contributed by atoms with Gasteiger partial charge in [-0.2, -0.15) is 26.3 Å².